The summed E-state index contributed by atoms with van der Waals surface area (Å²) in [5, 5.41) is 3.42. The fraction of sp³-hybridized carbons (Fsp3) is 0.750. The van der Waals surface area contributed by atoms with E-state index in [1.54, 1.807) is 0 Å². The molecule has 0 aromatic carbocycles. The van der Waals surface area contributed by atoms with Gasteiger partial charge in [-0.3, -0.25) is 0 Å². The molecule has 2 atom stereocenters. The Bertz CT molecular complexity index is 464. The molecule has 0 bridgehead atoms. The van der Waals surface area contributed by atoms with Crippen molar-refractivity contribution >= 4 is 5.95 Å². The van der Waals surface area contributed by atoms with Crippen molar-refractivity contribution in [3.05, 3.63) is 17.5 Å². The molecular weight excluding hydrogens is 264 g/mol. The zero-order valence-electron chi connectivity index (χ0n) is 13.9. The predicted octanol–water partition coefficient (Wildman–Crippen LogP) is 2.29. The van der Waals surface area contributed by atoms with Crippen LogP contribution < -0.4 is 10.2 Å². The van der Waals surface area contributed by atoms with Gasteiger partial charge < -0.3 is 15.0 Å². The lowest BCUT2D eigenvalue weighted by molar-refractivity contribution is 0.0292. The van der Waals surface area contributed by atoms with E-state index in [0.29, 0.717) is 12.1 Å². The average Bonchev–Trinajstić information content (AvgIpc) is 2.45. The van der Waals surface area contributed by atoms with Gasteiger partial charge in [0.2, 0.25) is 5.95 Å². The number of rotatable bonds is 5. The molecule has 1 N–H and O–H groups in total. The first-order chi connectivity index (χ1) is 10.0. The van der Waals surface area contributed by atoms with Crippen molar-refractivity contribution in [2.45, 2.75) is 65.8 Å². The fourth-order valence-corrected chi connectivity index (χ4v) is 2.53. The summed E-state index contributed by atoms with van der Waals surface area (Å²) in [5.74, 6) is 0.836. The first kappa shape index (κ1) is 16.2. The van der Waals surface area contributed by atoms with E-state index in [2.05, 4.69) is 49.8 Å². The summed E-state index contributed by atoms with van der Waals surface area (Å²) in [5.41, 5.74) is 2.23. The first-order valence-corrected chi connectivity index (χ1v) is 7.95. The average molecular weight is 292 g/mol. The lowest BCUT2D eigenvalue weighted by Gasteiger charge is -2.38. The normalized spacial score (nSPS) is 22.9. The second-order valence-electron chi connectivity index (χ2n) is 6.17. The van der Waals surface area contributed by atoms with Crippen LogP contribution in [0.4, 0.5) is 5.95 Å². The lowest BCUT2D eigenvalue weighted by Crippen LogP contribution is -2.49. The van der Waals surface area contributed by atoms with Crippen LogP contribution in [-0.2, 0) is 11.3 Å². The minimum absolute atomic E-state index is 0.235. The molecule has 0 aliphatic carbocycles. The van der Waals surface area contributed by atoms with Crippen molar-refractivity contribution in [3.8, 4) is 0 Å². The molecule has 2 rings (SSSR count). The highest BCUT2D eigenvalue weighted by molar-refractivity contribution is 5.35. The molecule has 1 aromatic rings. The Morgan fingerprint density at radius 3 is 2.86 bits per heavy atom. The number of nitrogens with zero attached hydrogens (tertiary/aromatic N) is 3. The predicted molar refractivity (Wildman–Crippen MR) is 85.6 cm³/mol. The van der Waals surface area contributed by atoms with Crippen molar-refractivity contribution in [2.75, 3.05) is 18.1 Å². The highest BCUT2D eigenvalue weighted by Gasteiger charge is 2.27. The zero-order valence-corrected chi connectivity index (χ0v) is 13.9. The molecule has 1 aromatic heterocycles. The Balaban J connectivity index is 2.14. The standard InChI is InChI=1S/C16H28N4O/c1-6-15-10-21-12(4)9-20(15)16-18-8-14(13(5)19-16)7-17-11(2)3/h8,11-12,15,17H,6-7,9-10H2,1-5H3. The molecular formula is C16H28N4O. The van der Waals surface area contributed by atoms with Crippen LogP contribution in [0.2, 0.25) is 0 Å². The topological polar surface area (TPSA) is 50.3 Å². The van der Waals surface area contributed by atoms with E-state index in [9.17, 15) is 0 Å². The third-order valence-electron chi connectivity index (χ3n) is 3.96. The minimum Gasteiger partial charge on any atom is -0.375 e. The molecule has 21 heavy (non-hydrogen) atoms. The van der Waals surface area contributed by atoms with Crippen molar-refractivity contribution < 1.29 is 4.74 Å². The van der Waals surface area contributed by atoms with Crippen molar-refractivity contribution in [3.63, 3.8) is 0 Å². The number of hydrogen-bond donors (Lipinski definition) is 1. The van der Waals surface area contributed by atoms with Crippen molar-refractivity contribution in [1.82, 2.24) is 15.3 Å². The maximum atomic E-state index is 5.74. The minimum atomic E-state index is 0.235. The van der Waals surface area contributed by atoms with Gasteiger partial charge in [0.25, 0.3) is 0 Å². The summed E-state index contributed by atoms with van der Waals surface area (Å²) in [4.78, 5) is 11.6. The van der Waals surface area contributed by atoms with Crippen LogP contribution in [0.1, 0.15) is 45.4 Å². The van der Waals surface area contributed by atoms with E-state index in [1.165, 1.54) is 5.56 Å². The van der Waals surface area contributed by atoms with Gasteiger partial charge in [-0.2, -0.15) is 0 Å². The summed E-state index contributed by atoms with van der Waals surface area (Å²) in [6, 6.07) is 0.842. The van der Waals surface area contributed by atoms with Gasteiger partial charge in [0, 0.05) is 36.6 Å². The monoisotopic (exact) mass is 292 g/mol. The molecule has 5 nitrogen and oxygen atoms in total. The molecule has 1 aliphatic rings. The number of hydrogen-bond acceptors (Lipinski definition) is 5. The molecule has 0 saturated carbocycles. The first-order valence-electron chi connectivity index (χ1n) is 7.95. The van der Waals surface area contributed by atoms with Crippen LogP contribution in [0.25, 0.3) is 0 Å². The van der Waals surface area contributed by atoms with Gasteiger partial charge in [-0.25, -0.2) is 9.97 Å². The SMILES string of the molecule is CCC1COC(C)CN1c1ncc(CNC(C)C)c(C)n1. The molecule has 5 heteroatoms. The number of morpholine rings is 1. The summed E-state index contributed by atoms with van der Waals surface area (Å²) in [6.45, 7) is 13.1. The van der Waals surface area contributed by atoms with Gasteiger partial charge in [-0.05, 0) is 20.3 Å². The Hall–Kier alpha value is -1.20. The van der Waals surface area contributed by atoms with E-state index < -0.39 is 0 Å². The third kappa shape index (κ3) is 4.14. The van der Waals surface area contributed by atoms with Crippen LogP contribution in [0, 0.1) is 6.92 Å². The zero-order chi connectivity index (χ0) is 15.4. The maximum absolute atomic E-state index is 5.74. The molecule has 0 spiro atoms. The number of ether oxygens (including phenoxy) is 1. The number of nitrogens with one attached hydrogen (secondary N) is 1. The molecule has 1 fully saturated rings. The second-order valence-corrected chi connectivity index (χ2v) is 6.17. The van der Waals surface area contributed by atoms with Crippen LogP contribution >= 0.6 is 0 Å². The fourth-order valence-electron chi connectivity index (χ4n) is 2.53. The number of anilines is 1. The van der Waals surface area contributed by atoms with Gasteiger partial charge in [-0.1, -0.05) is 20.8 Å². The number of aryl methyl sites for hydroxylation is 1. The quantitative estimate of drug-likeness (QED) is 0.902. The Labute approximate surface area is 128 Å². The molecule has 2 heterocycles. The summed E-state index contributed by atoms with van der Waals surface area (Å²) >= 11 is 0. The Kier molecular flexibility index (Phi) is 5.53. The van der Waals surface area contributed by atoms with E-state index in [-0.39, 0.29) is 6.10 Å². The molecule has 1 aliphatic heterocycles. The van der Waals surface area contributed by atoms with Crippen LogP contribution in [0.3, 0.4) is 0 Å². The highest BCUT2D eigenvalue weighted by atomic mass is 16.5. The lowest BCUT2D eigenvalue weighted by atomic mass is 10.1. The smallest absolute Gasteiger partial charge is 0.225 e. The van der Waals surface area contributed by atoms with E-state index in [4.69, 9.17) is 9.72 Å². The van der Waals surface area contributed by atoms with Crippen molar-refractivity contribution in [2.24, 2.45) is 0 Å². The molecule has 0 amide bonds. The number of aromatic nitrogens is 2. The maximum Gasteiger partial charge on any atom is 0.225 e. The molecule has 0 radical (unpaired) electrons. The largest absolute Gasteiger partial charge is 0.375 e. The second kappa shape index (κ2) is 7.18. The van der Waals surface area contributed by atoms with E-state index in [1.807, 2.05) is 6.20 Å². The van der Waals surface area contributed by atoms with E-state index >= 15 is 0 Å². The Morgan fingerprint density at radius 1 is 1.48 bits per heavy atom. The van der Waals surface area contributed by atoms with Crippen LogP contribution in [-0.4, -0.2) is 41.3 Å². The van der Waals surface area contributed by atoms with Gasteiger partial charge in [0.1, 0.15) is 0 Å². The molecule has 1 saturated heterocycles. The molecule has 118 valence electrons. The van der Waals surface area contributed by atoms with Gasteiger partial charge in [-0.15, -0.1) is 0 Å². The van der Waals surface area contributed by atoms with Gasteiger partial charge >= 0.3 is 0 Å². The van der Waals surface area contributed by atoms with Crippen molar-refractivity contribution in [1.29, 1.82) is 0 Å². The summed E-state index contributed by atoms with van der Waals surface area (Å²) in [6.07, 6.45) is 3.24. The highest BCUT2D eigenvalue weighted by Crippen LogP contribution is 2.21. The van der Waals surface area contributed by atoms with E-state index in [0.717, 1.165) is 37.8 Å². The van der Waals surface area contributed by atoms with Gasteiger partial charge in [0.15, 0.2) is 0 Å². The third-order valence-corrected chi connectivity index (χ3v) is 3.96. The molecule has 2 unspecified atom stereocenters. The van der Waals surface area contributed by atoms with Gasteiger partial charge in [0.05, 0.1) is 18.8 Å². The summed E-state index contributed by atoms with van der Waals surface area (Å²) < 4.78 is 5.74. The van der Waals surface area contributed by atoms with Crippen LogP contribution in [0.15, 0.2) is 6.20 Å². The summed E-state index contributed by atoms with van der Waals surface area (Å²) in [7, 11) is 0. The Morgan fingerprint density at radius 2 is 2.24 bits per heavy atom. The van der Waals surface area contributed by atoms with Crippen LogP contribution in [0.5, 0.6) is 0 Å².